The number of carbonyl (C=O) groups excluding carboxylic acids is 1. The lowest BCUT2D eigenvalue weighted by atomic mass is 10.0. The van der Waals surface area contributed by atoms with E-state index in [1.807, 2.05) is 80.0 Å². The molecule has 4 heterocycles. The summed E-state index contributed by atoms with van der Waals surface area (Å²) in [5.74, 6) is -0.0511. The number of aryl methyl sites for hydroxylation is 1. The summed E-state index contributed by atoms with van der Waals surface area (Å²) >= 11 is 5.76. The standard InChI is InChI=1S/C27H26N6OS/c1-19-8-2-3-10-21(19)30-24(34)13-17-33-26(25(31-27(33)35)22-11-4-5-15-29-22)23-12-7-16-32(23)20-9-6-14-28-18-20/h2-12,14-16,18,25-26H,13,17H2,1H3,(H,30,34)(H,31,35)/t25-,26-/m0/s1. The van der Waals surface area contributed by atoms with Crippen molar-refractivity contribution in [1.82, 2.24) is 24.8 Å². The predicted octanol–water partition coefficient (Wildman–Crippen LogP) is 4.58. The first-order chi connectivity index (χ1) is 17.1. The van der Waals surface area contributed by atoms with Gasteiger partial charge in [-0.1, -0.05) is 24.3 Å². The van der Waals surface area contributed by atoms with Crippen molar-refractivity contribution in [3.05, 3.63) is 108 Å². The van der Waals surface area contributed by atoms with Crippen LogP contribution in [0, 0.1) is 6.92 Å². The molecule has 2 atom stereocenters. The second-order valence-corrected chi connectivity index (χ2v) is 8.83. The lowest BCUT2D eigenvalue weighted by molar-refractivity contribution is -0.116. The zero-order valence-electron chi connectivity index (χ0n) is 19.3. The third-order valence-electron chi connectivity index (χ3n) is 6.20. The van der Waals surface area contributed by atoms with Crippen LogP contribution in [0.5, 0.6) is 0 Å². The molecule has 1 fully saturated rings. The Morgan fingerprint density at radius 2 is 1.91 bits per heavy atom. The largest absolute Gasteiger partial charge is 0.352 e. The van der Waals surface area contributed by atoms with Crippen LogP contribution in [0.1, 0.15) is 35.5 Å². The Kier molecular flexibility index (Phi) is 6.54. The number of rotatable bonds is 7. The minimum Gasteiger partial charge on any atom is -0.352 e. The van der Waals surface area contributed by atoms with Crippen LogP contribution in [0.2, 0.25) is 0 Å². The Hall–Kier alpha value is -4.04. The number of nitrogens with zero attached hydrogens (tertiary/aromatic N) is 4. The minimum absolute atomic E-state index is 0.0511. The number of para-hydroxylation sites is 1. The van der Waals surface area contributed by atoms with Crippen molar-refractivity contribution in [2.75, 3.05) is 11.9 Å². The van der Waals surface area contributed by atoms with Crippen LogP contribution < -0.4 is 10.6 Å². The van der Waals surface area contributed by atoms with E-state index in [0.717, 1.165) is 28.3 Å². The molecule has 7 nitrogen and oxygen atoms in total. The first-order valence-corrected chi connectivity index (χ1v) is 11.9. The fourth-order valence-electron chi connectivity index (χ4n) is 4.48. The summed E-state index contributed by atoms with van der Waals surface area (Å²) in [6.45, 7) is 2.45. The van der Waals surface area contributed by atoms with E-state index in [0.29, 0.717) is 18.1 Å². The topological polar surface area (TPSA) is 75.1 Å². The molecule has 35 heavy (non-hydrogen) atoms. The molecule has 4 aromatic rings. The zero-order valence-corrected chi connectivity index (χ0v) is 20.2. The number of carbonyl (C=O) groups is 1. The molecule has 5 rings (SSSR count). The summed E-state index contributed by atoms with van der Waals surface area (Å²) in [4.78, 5) is 23.8. The van der Waals surface area contributed by atoms with Gasteiger partial charge in [0.25, 0.3) is 0 Å². The molecule has 1 saturated heterocycles. The van der Waals surface area contributed by atoms with Crippen LogP contribution in [-0.2, 0) is 4.79 Å². The molecule has 2 N–H and O–H groups in total. The number of pyridine rings is 2. The number of aromatic nitrogens is 3. The van der Waals surface area contributed by atoms with Crippen LogP contribution in [0.3, 0.4) is 0 Å². The van der Waals surface area contributed by atoms with Gasteiger partial charge in [0.1, 0.15) is 0 Å². The van der Waals surface area contributed by atoms with Crippen LogP contribution in [-0.4, -0.2) is 37.0 Å². The normalized spacial score (nSPS) is 17.3. The molecule has 0 spiro atoms. The molecular weight excluding hydrogens is 456 g/mol. The molecule has 0 radical (unpaired) electrons. The van der Waals surface area contributed by atoms with E-state index in [1.165, 1.54) is 0 Å². The van der Waals surface area contributed by atoms with Crippen molar-refractivity contribution < 1.29 is 4.79 Å². The van der Waals surface area contributed by atoms with Gasteiger partial charge in [-0.15, -0.1) is 0 Å². The summed E-state index contributed by atoms with van der Waals surface area (Å²) in [6, 6.07) is 21.4. The van der Waals surface area contributed by atoms with Crippen LogP contribution in [0.4, 0.5) is 5.69 Å². The Labute approximate surface area is 209 Å². The highest BCUT2D eigenvalue weighted by atomic mass is 32.1. The number of hydrogen-bond donors (Lipinski definition) is 2. The number of thiocarbonyl (C=S) groups is 1. The first kappa shape index (κ1) is 22.7. The third kappa shape index (κ3) is 4.79. The fraction of sp³-hybridized carbons (Fsp3) is 0.185. The van der Waals surface area contributed by atoms with Crippen LogP contribution in [0.25, 0.3) is 5.69 Å². The van der Waals surface area contributed by atoms with Crippen LogP contribution in [0.15, 0.2) is 91.5 Å². The van der Waals surface area contributed by atoms with E-state index in [4.69, 9.17) is 12.2 Å². The Morgan fingerprint density at radius 3 is 2.69 bits per heavy atom. The lowest BCUT2D eigenvalue weighted by Gasteiger charge is -2.28. The summed E-state index contributed by atoms with van der Waals surface area (Å²) < 4.78 is 2.11. The van der Waals surface area contributed by atoms with E-state index >= 15 is 0 Å². The third-order valence-corrected chi connectivity index (χ3v) is 6.56. The highest BCUT2D eigenvalue weighted by Gasteiger charge is 2.41. The second kappa shape index (κ2) is 10.1. The van der Waals surface area contributed by atoms with Crippen molar-refractivity contribution in [2.45, 2.75) is 25.4 Å². The molecule has 0 aliphatic carbocycles. The Morgan fingerprint density at radius 1 is 1.06 bits per heavy atom. The number of benzene rings is 1. The average molecular weight is 483 g/mol. The summed E-state index contributed by atoms with van der Waals surface area (Å²) in [7, 11) is 0. The zero-order chi connectivity index (χ0) is 24.2. The van der Waals surface area contributed by atoms with Crippen molar-refractivity contribution in [2.24, 2.45) is 0 Å². The summed E-state index contributed by atoms with van der Waals surface area (Å²) in [6.07, 6.45) is 7.70. The SMILES string of the molecule is Cc1ccccc1NC(=O)CCN1C(=S)N[C@@H](c2ccccn2)[C@@H]1c1cccn1-c1cccnc1. The molecule has 1 aliphatic heterocycles. The highest BCUT2D eigenvalue weighted by Crippen LogP contribution is 2.39. The molecule has 0 saturated carbocycles. The Balaban J connectivity index is 1.44. The summed E-state index contributed by atoms with van der Waals surface area (Å²) in [5.41, 5.74) is 4.75. The smallest absolute Gasteiger partial charge is 0.226 e. The van der Waals surface area contributed by atoms with Crippen molar-refractivity contribution in [3.8, 4) is 5.69 Å². The maximum Gasteiger partial charge on any atom is 0.226 e. The average Bonchev–Trinajstić information content (AvgIpc) is 3.49. The highest BCUT2D eigenvalue weighted by molar-refractivity contribution is 7.80. The van der Waals surface area contributed by atoms with Gasteiger partial charge in [-0.3, -0.25) is 14.8 Å². The van der Waals surface area contributed by atoms with Gasteiger partial charge in [0.2, 0.25) is 5.91 Å². The van der Waals surface area contributed by atoms with Gasteiger partial charge in [0.05, 0.1) is 29.7 Å². The van der Waals surface area contributed by atoms with Gasteiger partial charge in [-0.2, -0.15) is 0 Å². The minimum atomic E-state index is -0.159. The summed E-state index contributed by atoms with van der Waals surface area (Å²) in [5, 5.41) is 7.08. The first-order valence-electron chi connectivity index (χ1n) is 11.5. The van der Waals surface area contributed by atoms with Gasteiger partial charge in [0.15, 0.2) is 5.11 Å². The van der Waals surface area contributed by atoms with Gasteiger partial charge in [-0.05, 0) is 67.2 Å². The number of hydrogen-bond acceptors (Lipinski definition) is 4. The van der Waals surface area contributed by atoms with Gasteiger partial charge in [-0.25, -0.2) is 0 Å². The molecule has 8 heteroatoms. The molecule has 0 unspecified atom stereocenters. The maximum atomic E-state index is 12.8. The number of amides is 1. The lowest BCUT2D eigenvalue weighted by Crippen LogP contribution is -2.33. The van der Waals surface area contributed by atoms with E-state index in [-0.39, 0.29) is 18.0 Å². The molecular formula is C27H26N6OS. The van der Waals surface area contributed by atoms with E-state index in [2.05, 4.69) is 36.1 Å². The van der Waals surface area contributed by atoms with Gasteiger partial charge in [0, 0.05) is 42.9 Å². The monoisotopic (exact) mass is 482 g/mol. The fourth-order valence-corrected chi connectivity index (χ4v) is 4.81. The quantitative estimate of drug-likeness (QED) is 0.376. The molecule has 1 amide bonds. The predicted molar refractivity (Wildman–Crippen MR) is 140 cm³/mol. The van der Waals surface area contributed by atoms with E-state index < -0.39 is 0 Å². The van der Waals surface area contributed by atoms with E-state index in [9.17, 15) is 4.79 Å². The number of anilines is 1. The molecule has 1 aromatic carbocycles. The van der Waals surface area contributed by atoms with Crippen LogP contribution >= 0.6 is 12.2 Å². The number of nitrogens with one attached hydrogen (secondary N) is 2. The maximum absolute atomic E-state index is 12.8. The van der Waals surface area contributed by atoms with Crippen molar-refractivity contribution >= 4 is 28.9 Å². The molecule has 1 aliphatic rings. The van der Waals surface area contributed by atoms with Crippen molar-refractivity contribution in [1.29, 1.82) is 0 Å². The second-order valence-electron chi connectivity index (χ2n) is 8.45. The molecule has 176 valence electrons. The molecule has 0 bridgehead atoms. The Bertz CT molecular complexity index is 1320. The molecule has 3 aromatic heterocycles. The van der Waals surface area contributed by atoms with Crippen molar-refractivity contribution in [3.63, 3.8) is 0 Å². The van der Waals surface area contributed by atoms with Gasteiger partial charge < -0.3 is 20.1 Å². The van der Waals surface area contributed by atoms with E-state index in [1.54, 1.807) is 12.4 Å². The van der Waals surface area contributed by atoms with Gasteiger partial charge >= 0.3 is 0 Å².